The van der Waals surface area contributed by atoms with Crippen molar-refractivity contribution in [2.24, 2.45) is 5.73 Å². The number of aliphatic hydroxyl groups excluding tert-OH is 1. The quantitative estimate of drug-likeness (QED) is 0.566. The number of methoxy groups -OCH3 is 1. The van der Waals surface area contributed by atoms with Gasteiger partial charge in [-0.05, 0) is 30.7 Å². The largest absolute Gasteiger partial charge is 0.497 e. The molecule has 114 valence electrons. The molecule has 2 unspecified atom stereocenters. The van der Waals surface area contributed by atoms with Crippen molar-refractivity contribution in [2.45, 2.75) is 18.6 Å². The highest BCUT2D eigenvalue weighted by molar-refractivity contribution is 5.88. The van der Waals surface area contributed by atoms with Gasteiger partial charge in [0.25, 0.3) is 5.91 Å². The van der Waals surface area contributed by atoms with Gasteiger partial charge in [0.05, 0.1) is 18.9 Å². The van der Waals surface area contributed by atoms with Gasteiger partial charge >= 0.3 is 6.03 Å². The Hall–Kier alpha value is -2.48. The minimum atomic E-state index is -0.978. The summed E-state index contributed by atoms with van der Waals surface area (Å²) in [7, 11) is 1.56. The van der Waals surface area contributed by atoms with E-state index in [1.807, 2.05) is 0 Å². The number of carbonyl (C=O) groups excluding carboxylic acids is 2. The molecule has 8 heteroatoms. The van der Waals surface area contributed by atoms with Crippen molar-refractivity contribution in [3.05, 3.63) is 24.3 Å². The van der Waals surface area contributed by atoms with E-state index in [-0.39, 0.29) is 6.54 Å². The van der Waals surface area contributed by atoms with E-state index < -0.39 is 24.1 Å². The Balaban J connectivity index is 1.95. The van der Waals surface area contributed by atoms with Crippen molar-refractivity contribution in [1.29, 1.82) is 0 Å². The maximum Gasteiger partial charge on any atom is 0.315 e. The third kappa shape index (κ3) is 3.34. The first kappa shape index (κ1) is 14.9. The van der Waals surface area contributed by atoms with Gasteiger partial charge in [-0.1, -0.05) is 0 Å². The summed E-state index contributed by atoms with van der Waals surface area (Å²) in [5, 5.41) is 9.79. The molecular formula is C13H18N4O4. The Bertz CT molecular complexity index is 519. The van der Waals surface area contributed by atoms with E-state index in [1.165, 1.54) is 0 Å². The van der Waals surface area contributed by atoms with Crippen LogP contribution in [0.25, 0.3) is 0 Å². The lowest BCUT2D eigenvalue weighted by molar-refractivity contribution is -0.126. The minimum absolute atomic E-state index is 0.261. The van der Waals surface area contributed by atoms with Crippen LogP contribution in [-0.2, 0) is 4.79 Å². The Morgan fingerprint density at radius 3 is 2.62 bits per heavy atom. The molecule has 5 N–H and O–H groups in total. The van der Waals surface area contributed by atoms with Crippen molar-refractivity contribution in [1.82, 2.24) is 10.3 Å². The summed E-state index contributed by atoms with van der Waals surface area (Å²) in [4.78, 5) is 24.4. The Kier molecular flexibility index (Phi) is 4.49. The summed E-state index contributed by atoms with van der Waals surface area (Å²) in [6.07, 6.45) is -0.598. The van der Waals surface area contributed by atoms with Crippen molar-refractivity contribution in [3.8, 4) is 5.75 Å². The number of anilines is 1. The summed E-state index contributed by atoms with van der Waals surface area (Å²) in [6, 6.07) is 5.19. The molecule has 1 saturated heterocycles. The van der Waals surface area contributed by atoms with Crippen LogP contribution in [0, 0.1) is 0 Å². The van der Waals surface area contributed by atoms with Gasteiger partial charge in [-0.2, -0.15) is 0 Å². The maximum absolute atomic E-state index is 12.1. The molecule has 0 aromatic heterocycles. The second-order valence-electron chi connectivity index (χ2n) is 4.68. The predicted molar refractivity (Wildman–Crippen MR) is 75.5 cm³/mol. The highest BCUT2D eigenvalue weighted by Gasteiger charge is 2.40. The molecule has 0 aliphatic carbocycles. The Morgan fingerprint density at radius 2 is 2.05 bits per heavy atom. The van der Waals surface area contributed by atoms with E-state index in [0.717, 1.165) is 4.90 Å². The second kappa shape index (κ2) is 6.31. The van der Waals surface area contributed by atoms with Gasteiger partial charge in [-0.25, -0.2) is 4.79 Å². The lowest BCUT2D eigenvalue weighted by Gasteiger charge is -2.23. The van der Waals surface area contributed by atoms with E-state index in [4.69, 9.17) is 10.5 Å². The number of hydrazine groups is 1. The fourth-order valence-electron chi connectivity index (χ4n) is 2.22. The number of nitrogens with one attached hydrogen (secondary N) is 2. The van der Waals surface area contributed by atoms with Gasteiger partial charge in [0.1, 0.15) is 11.8 Å². The van der Waals surface area contributed by atoms with E-state index in [9.17, 15) is 14.7 Å². The number of aliphatic hydroxyl groups is 1. The normalized spacial score (nSPS) is 21.0. The molecule has 21 heavy (non-hydrogen) atoms. The number of hydrogen-bond donors (Lipinski definition) is 4. The highest BCUT2D eigenvalue weighted by atomic mass is 16.5. The van der Waals surface area contributed by atoms with Gasteiger partial charge in [0.15, 0.2) is 0 Å². The van der Waals surface area contributed by atoms with Crippen LogP contribution in [0.1, 0.15) is 6.42 Å². The number of urea groups is 1. The first-order valence-corrected chi connectivity index (χ1v) is 6.47. The monoisotopic (exact) mass is 294 g/mol. The summed E-state index contributed by atoms with van der Waals surface area (Å²) >= 11 is 0. The molecule has 1 aliphatic heterocycles. The fourth-order valence-corrected chi connectivity index (χ4v) is 2.22. The molecule has 2 atom stereocenters. The average Bonchev–Trinajstić information content (AvgIpc) is 2.87. The van der Waals surface area contributed by atoms with E-state index in [0.29, 0.717) is 17.9 Å². The third-order valence-corrected chi connectivity index (χ3v) is 3.34. The van der Waals surface area contributed by atoms with Crippen LogP contribution < -0.4 is 21.3 Å². The molecule has 1 heterocycles. The van der Waals surface area contributed by atoms with Gasteiger partial charge in [0.2, 0.25) is 0 Å². The van der Waals surface area contributed by atoms with E-state index >= 15 is 0 Å². The number of carbonyl (C=O) groups is 2. The van der Waals surface area contributed by atoms with Gasteiger partial charge < -0.3 is 20.5 Å². The first-order valence-electron chi connectivity index (χ1n) is 6.47. The number of primary amides is 1. The minimum Gasteiger partial charge on any atom is -0.497 e. The summed E-state index contributed by atoms with van der Waals surface area (Å²) in [5.74, 6) is 0.174. The molecule has 3 amide bonds. The Labute approximate surface area is 121 Å². The molecule has 0 spiro atoms. The molecule has 2 rings (SSSR count). The van der Waals surface area contributed by atoms with Crippen LogP contribution in [-0.4, -0.2) is 47.7 Å². The van der Waals surface area contributed by atoms with Crippen molar-refractivity contribution in [2.75, 3.05) is 19.1 Å². The number of rotatable bonds is 4. The smallest absolute Gasteiger partial charge is 0.315 e. The molecule has 8 nitrogen and oxygen atoms in total. The van der Waals surface area contributed by atoms with Crippen molar-refractivity contribution >= 4 is 17.6 Å². The lowest BCUT2D eigenvalue weighted by Crippen LogP contribution is -2.52. The SMILES string of the molecule is COc1ccc(NNC(=O)C2C(O)CCN2C(N)=O)cc1. The summed E-state index contributed by atoms with van der Waals surface area (Å²) in [6.45, 7) is 0.261. The number of amides is 3. The van der Waals surface area contributed by atoms with E-state index in [2.05, 4.69) is 10.9 Å². The van der Waals surface area contributed by atoms with Crippen LogP contribution in [0.3, 0.4) is 0 Å². The van der Waals surface area contributed by atoms with Crippen LogP contribution in [0.4, 0.5) is 10.5 Å². The number of nitrogens with two attached hydrogens (primary N) is 1. The van der Waals surface area contributed by atoms with Crippen LogP contribution in [0.15, 0.2) is 24.3 Å². The predicted octanol–water partition coefficient (Wildman–Crippen LogP) is -0.348. The number of benzene rings is 1. The molecule has 1 aliphatic rings. The molecule has 0 saturated carbocycles. The lowest BCUT2D eigenvalue weighted by atomic mass is 10.1. The summed E-state index contributed by atoms with van der Waals surface area (Å²) < 4.78 is 5.02. The molecular weight excluding hydrogens is 276 g/mol. The topological polar surface area (TPSA) is 117 Å². The van der Waals surface area contributed by atoms with Crippen molar-refractivity contribution in [3.63, 3.8) is 0 Å². The number of ether oxygens (including phenoxy) is 1. The van der Waals surface area contributed by atoms with E-state index in [1.54, 1.807) is 31.4 Å². The molecule has 0 radical (unpaired) electrons. The molecule has 1 aromatic rings. The molecule has 0 bridgehead atoms. The van der Waals surface area contributed by atoms with Crippen LogP contribution in [0.5, 0.6) is 5.75 Å². The van der Waals surface area contributed by atoms with Crippen LogP contribution in [0.2, 0.25) is 0 Å². The van der Waals surface area contributed by atoms with Crippen LogP contribution >= 0.6 is 0 Å². The van der Waals surface area contributed by atoms with Gasteiger partial charge in [-0.3, -0.25) is 15.6 Å². The number of likely N-dealkylation sites (tertiary alicyclic amines) is 1. The molecule has 1 aromatic carbocycles. The standard InChI is InChI=1S/C13H18N4O4/c1-21-9-4-2-8(3-5-9)15-16-12(19)11-10(18)6-7-17(11)13(14)20/h2-5,10-11,15,18H,6-7H2,1H3,(H2,14,20)(H,16,19). The third-order valence-electron chi connectivity index (χ3n) is 3.34. The zero-order chi connectivity index (χ0) is 15.4. The summed E-state index contributed by atoms with van der Waals surface area (Å²) in [5.41, 5.74) is 11.0. The zero-order valence-corrected chi connectivity index (χ0v) is 11.6. The fraction of sp³-hybridized carbons (Fsp3) is 0.385. The zero-order valence-electron chi connectivity index (χ0n) is 11.6. The van der Waals surface area contributed by atoms with Crippen molar-refractivity contribution < 1.29 is 19.4 Å². The molecule has 1 fully saturated rings. The highest BCUT2D eigenvalue weighted by Crippen LogP contribution is 2.18. The average molecular weight is 294 g/mol. The number of nitrogens with zero attached hydrogens (tertiary/aromatic N) is 1. The number of hydrogen-bond acceptors (Lipinski definition) is 5. The van der Waals surface area contributed by atoms with Gasteiger partial charge in [0, 0.05) is 6.54 Å². The van der Waals surface area contributed by atoms with Gasteiger partial charge in [-0.15, -0.1) is 0 Å². The maximum atomic E-state index is 12.1. The first-order chi connectivity index (χ1) is 10.0. The Morgan fingerprint density at radius 1 is 1.38 bits per heavy atom. The second-order valence-corrected chi connectivity index (χ2v) is 4.68.